The van der Waals surface area contributed by atoms with Crippen LogP contribution in [0.25, 0.3) is 11.0 Å². The predicted molar refractivity (Wildman–Crippen MR) is 50.7 cm³/mol. The molecule has 0 aliphatic heterocycles. The van der Waals surface area contributed by atoms with E-state index in [2.05, 4.69) is 4.99 Å². The second kappa shape index (κ2) is 3.18. The molecule has 0 fully saturated rings. The monoisotopic (exact) mass is 209 g/mol. The molecule has 70 valence electrons. The molecular formula is C9H4ClNO3. The quantitative estimate of drug-likeness (QED) is 0.580. The molecule has 14 heavy (non-hydrogen) atoms. The largest absolute Gasteiger partial charge is 0.503 e. The van der Waals surface area contributed by atoms with Gasteiger partial charge in [-0.15, -0.1) is 4.99 Å². The Labute approximate surface area is 83.4 Å². The average Bonchev–Trinajstić information content (AvgIpc) is 2.46. The van der Waals surface area contributed by atoms with Gasteiger partial charge in [0.1, 0.15) is 5.58 Å². The van der Waals surface area contributed by atoms with E-state index in [1.807, 2.05) is 0 Å². The van der Waals surface area contributed by atoms with Gasteiger partial charge >= 0.3 is 0 Å². The normalized spacial score (nSPS) is 10.1. The van der Waals surface area contributed by atoms with Gasteiger partial charge in [0.25, 0.3) is 5.88 Å². The molecule has 1 N–H and O–H groups in total. The van der Waals surface area contributed by atoms with Crippen molar-refractivity contribution in [1.82, 2.24) is 0 Å². The highest BCUT2D eigenvalue weighted by molar-refractivity contribution is 6.36. The van der Waals surface area contributed by atoms with Crippen molar-refractivity contribution in [2.75, 3.05) is 0 Å². The zero-order chi connectivity index (χ0) is 10.1. The Bertz CT molecular complexity index is 540. The van der Waals surface area contributed by atoms with Gasteiger partial charge < -0.3 is 9.52 Å². The molecule has 0 aliphatic carbocycles. The average molecular weight is 210 g/mol. The molecule has 0 atom stereocenters. The number of aromatic hydroxyl groups is 1. The molecule has 2 rings (SSSR count). The van der Waals surface area contributed by atoms with Crippen LogP contribution in [-0.4, -0.2) is 11.2 Å². The van der Waals surface area contributed by atoms with Crippen LogP contribution in [0, 0.1) is 0 Å². The third-order valence-electron chi connectivity index (χ3n) is 1.77. The fourth-order valence-corrected chi connectivity index (χ4v) is 1.45. The van der Waals surface area contributed by atoms with Crippen LogP contribution in [0.5, 0.6) is 5.75 Å². The molecule has 0 unspecified atom stereocenters. The molecule has 0 saturated heterocycles. The number of isocyanates is 1. The van der Waals surface area contributed by atoms with Crippen LogP contribution in [0.2, 0.25) is 5.02 Å². The van der Waals surface area contributed by atoms with Gasteiger partial charge in [-0.3, -0.25) is 0 Å². The van der Waals surface area contributed by atoms with Gasteiger partial charge in [0, 0.05) is 0 Å². The van der Waals surface area contributed by atoms with E-state index in [4.69, 9.17) is 16.0 Å². The number of benzene rings is 1. The van der Waals surface area contributed by atoms with Crippen molar-refractivity contribution in [2.24, 2.45) is 4.99 Å². The van der Waals surface area contributed by atoms with Gasteiger partial charge in [-0.1, -0.05) is 17.7 Å². The van der Waals surface area contributed by atoms with E-state index in [9.17, 15) is 9.90 Å². The minimum atomic E-state index is -0.242. The topological polar surface area (TPSA) is 62.8 Å². The van der Waals surface area contributed by atoms with Crippen molar-refractivity contribution in [3.63, 3.8) is 0 Å². The number of rotatable bonds is 1. The van der Waals surface area contributed by atoms with E-state index in [1.54, 1.807) is 18.2 Å². The van der Waals surface area contributed by atoms with Crippen molar-refractivity contribution in [3.05, 3.63) is 23.2 Å². The molecular weight excluding hydrogens is 206 g/mol. The zero-order valence-corrected chi connectivity index (χ0v) is 7.58. The Kier molecular flexibility index (Phi) is 2.00. The van der Waals surface area contributed by atoms with Gasteiger partial charge in [-0.25, -0.2) is 4.79 Å². The lowest BCUT2D eigenvalue weighted by Crippen LogP contribution is -1.66. The second-order valence-electron chi connectivity index (χ2n) is 2.57. The highest BCUT2D eigenvalue weighted by Gasteiger charge is 2.14. The predicted octanol–water partition coefficient (Wildman–Crippen LogP) is 2.76. The number of nitrogens with zero attached hydrogens (tertiary/aromatic N) is 1. The number of hydrogen-bond donors (Lipinski definition) is 1. The first-order valence-corrected chi connectivity index (χ1v) is 4.09. The summed E-state index contributed by atoms with van der Waals surface area (Å²) in [4.78, 5) is 13.2. The number of aliphatic imine (C=N–C) groups is 1. The Morgan fingerprint density at radius 1 is 1.50 bits per heavy atom. The molecule has 2 aromatic rings. The van der Waals surface area contributed by atoms with Gasteiger partial charge in [0.05, 0.1) is 10.4 Å². The van der Waals surface area contributed by atoms with E-state index in [-0.39, 0.29) is 11.6 Å². The summed E-state index contributed by atoms with van der Waals surface area (Å²) in [5, 5.41) is 10.2. The van der Waals surface area contributed by atoms with Crippen molar-refractivity contribution < 1.29 is 14.3 Å². The van der Waals surface area contributed by atoms with Gasteiger partial charge in [-0.05, 0) is 12.1 Å². The lowest BCUT2D eigenvalue weighted by atomic mass is 10.2. The highest BCUT2D eigenvalue weighted by atomic mass is 35.5. The van der Waals surface area contributed by atoms with Crippen molar-refractivity contribution in [2.45, 2.75) is 0 Å². The van der Waals surface area contributed by atoms with Gasteiger partial charge in [-0.2, -0.15) is 0 Å². The number of carbonyl (C=O) groups excluding carboxylic acids is 1. The van der Waals surface area contributed by atoms with Crippen molar-refractivity contribution in [3.8, 4) is 5.75 Å². The molecule has 1 aromatic heterocycles. The summed E-state index contributed by atoms with van der Waals surface area (Å²) in [6.07, 6.45) is 1.28. The molecule has 1 heterocycles. The summed E-state index contributed by atoms with van der Waals surface area (Å²) in [5.74, 6) is -0.419. The maximum atomic E-state index is 9.99. The maximum absolute atomic E-state index is 9.99. The summed E-state index contributed by atoms with van der Waals surface area (Å²) in [5.41, 5.74) is 0.379. The molecule has 0 radical (unpaired) electrons. The first kappa shape index (κ1) is 8.81. The maximum Gasteiger partial charge on any atom is 0.274 e. The van der Waals surface area contributed by atoms with Crippen LogP contribution >= 0.6 is 11.6 Å². The van der Waals surface area contributed by atoms with Crippen LogP contribution in [-0.2, 0) is 4.79 Å². The third-order valence-corrected chi connectivity index (χ3v) is 2.08. The lowest BCUT2D eigenvalue weighted by Gasteiger charge is -1.90. The summed E-state index contributed by atoms with van der Waals surface area (Å²) in [6.45, 7) is 0. The Morgan fingerprint density at radius 3 is 2.93 bits per heavy atom. The van der Waals surface area contributed by atoms with E-state index >= 15 is 0 Å². The van der Waals surface area contributed by atoms with Crippen LogP contribution in [0.15, 0.2) is 27.6 Å². The van der Waals surface area contributed by atoms with E-state index in [0.29, 0.717) is 16.0 Å². The zero-order valence-electron chi connectivity index (χ0n) is 6.82. The smallest absolute Gasteiger partial charge is 0.274 e. The van der Waals surface area contributed by atoms with Crippen LogP contribution in [0.4, 0.5) is 5.88 Å². The summed E-state index contributed by atoms with van der Waals surface area (Å²) < 4.78 is 5.06. The fraction of sp³-hybridized carbons (Fsp3) is 0. The molecule has 0 saturated carbocycles. The summed E-state index contributed by atoms with van der Waals surface area (Å²) in [6, 6.07) is 4.89. The molecule has 0 bridgehead atoms. The molecule has 4 nitrogen and oxygen atoms in total. The number of furan rings is 1. The standard InChI is InChI=1S/C9H4ClNO3/c10-5-2-1-3-6-7(5)8(13)9(14-6)11-4-12/h1-3,13H. The van der Waals surface area contributed by atoms with Gasteiger partial charge in [0.15, 0.2) is 5.75 Å². The Hall–Kier alpha value is -1.77. The first-order valence-electron chi connectivity index (χ1n) is 3.72. The Morgan fingerprint density at radius 2 is 2.29 bits per heavy atom. The second-order valence-corrected chi connectivity index (χ2v) is 2.98. The van der Waals surface area contributed by atoms with Gasteiger partial charge in [0.2, 0.25) is 6.08 Å². The van der Waals surface area contributed by atoms with Crippen molar-refractivity contribution >= 4 is 34.5 Å². The number of halogens is 1. The molecule has 0 amide bonds. The number of fused-ring (bicyclic) bond motifs is 1. The molecule has 0 spiro atoms. The SMILES string of the molecule is O=C=Nc1oc2cccc(Cl)c2c1O. The van der Waals surface area contributed by atoms with Crippen LogP contribution in [0.3, 0.4) is 0 Å². The van der Waals surface area contributed by atoms with E-state index in [0.717, 1.165) is 0 Å². The van der Waals surface area contributed by atoms with E-state index in [1.165, 1.54) is 6.08 Å². The number of hydrogen-bond acceptors (Lipinski definition) is 4. The molecule has 1 aromatic carbocycles. The van der Waals surface area contributed by atoms with Crippen molar-refractivity contribution in [1.29, 1.82) is 0 Å². The van der Waals surface area contributed by atoms with Crippen LogP contribution in [0.1, 0.15) is 0 Å². The van der Waals surface area contributed by atoms with Crippen LogP contribution < -0.4 is 0 Å². The fourth-order valence-electron chi connectivity index (χ4n) is 1.20. The Balaban J connectivity index is 2.87. The highest BCUT2D eigenvalue weighted by Crippen LogP contribution is 2.41. The molecule has 0 aliphatic rings. The minimum Gasteiger partial charge on any atom is -0.503 e. The summed E-state index contributed by atoms with van der Waals surface area (Å²) in [7, 11) is 0. The summed E-state index contributed by atoms with van der Waals surface area (Å²) >= 11 is 5.82. The third kappa shape index (κ3) is 1.18. The first-order chi connectivity index (χ1) is 6.74. The molecule has 5 heteroatoms. The lowest BCUT2D eigenvalue weighted by molar-refractivity contribution is 0.468. The minimum absolute atomic E-state index is 0.178. The van der Waals surface area contributed by atoms with E-state index < -0.39 is 0 Å².